The van der Waals surface area contributed by atoms with Gasteiger partial charge in [0.15, 0.2) is 5.78 Å². The Morgan fingerprint density at radius 1 is 1.17 bits per heavy atom. The van der Waals surface area contributed by atoms with E-state index in [9.17, 15) is 4.79 Å². The summed E-state index contributed by atoms with van der Waals surface area (Å²) in [5.41, 5.74) is 0. The molecule has 0 spiro atoms. The fourth-order valence-corrected chi connectivity index (χ4v) is 0.294. The number of ketones is 1. The van der Waals surface area contributed by atoms with Crippen molar-refractivity contribution in [3.63, 3.8) is 0 Å². The summed E-state index contributed by atoms with van der Waals surface area (Å²) in [6.07, 6.45) is 1.17. The SMILES string of the molecule is C=C.C=C.CC(=O)/C=C(\C)O.[Rh]. The van der Waals surface area contributed by atoms with Crippen LogP contribution in [-0.2, 0) is 24.3 Å². The van der Waals surface area contributed by atoms with Crippen LogP contribution in [-0.4, -0.2) is 10.9 Å². The largest absolute Gasteiger partial charge is 0.512 e. The average molecular weight is 259 g/mol. The van der Waals surface area contributed by atoms with Crippen molar-refractivity contribution in [2.75, 3.05) is 0 Å². The maximum absolute atomic E-state index is 10.0. The van der Waals surface area contributed by atoms with E-state index in [0.29, 0.717) is 0 Å². The van der Waals surface area contributed by atoms with E-state index in [-0.39, 0.29) is 31.0 Å². The molecule has 0 heterocycles. The van der Waals surface area contributed by atoms with E-state index in [1.807, 2.05) is 0 Å². The monoisotopic (exact) mass is 259 g/mol. The van der Waals surface area contributed by atoms with Crippen LogP contribution in [0.3, 0.4) is 0 Å². The molecule has 0 bridgehead atoms. The van der Waals surface area contributed by atoms with E-state index in [4.69, 9.17) is 5.11 Å². The van der Waals surface area contributed by atoms with Gasteiger partial charge in [-0.2, -0.15) is 0 Å². The smallest absolute Gasteiger partial charge is 0.155 e. The maximum Gasteiger partial charge on any atom is 0.155 e. The van der Waals surface area contributed by atoms with Crippen molar-refractivity contribution >= 4 is 5.78 Å². The molecule has 0 atom stereocenters. The zero-order valence-corrected chi connectivity index (χ0v) is 9.23. The van der Waals surface area contributed by atoms with Gasteiger partial charge in [0.1, 0.15) is 0 Å². The Morgan fingerprint density at radius 2 is 1.42 bits per heavy atom. The van der Waals surface area contributed by atoms with Crippen molar-refractivity contribution in [2.45, 2.75) is 13.8 Å². The van der Waals surface area contributed by atoms with Gasteiger partial charge >= 0.3 is 0 Å². The van der Waals surface area contributed by atoms with Crippen molar-refractivity contribution < 1.29 is 29.4 Å². The van der Waals surface area contributed by atoms with Gasteiger partial charge in [0.2, 0.25) is 0 Å². The van der Waals surface area contributed by atoms with Crippen LogP contribution < -0.4 is 0 Å². The number of rotatable bonds is 1. The van der Waals surface area contributed by atoms with Crippen molar-refractivity contribution in [3.05, 3.63) is 38.2 Å². The molecule has 0 aliphatic heterocycles. The summed E-state index contributed by atoms with van der Waals surface area (Å²) in [5.74, 6) is -0.0625. The molecule has 73 valence electrons. The molecule has 2 nitrogen and oxygen atoms in total. The molecule has 0 aromatic heterocycles. The van der Waals surface area contributed by atoms with Gasteiger partial charge in [-0.25, -0.2) is 0 Å². The topological polar surface area (TPSA) is 37.3 Å². The molecule has 0 aliphatic carbocycles. The van der Waals surface area contributed by atoms with Crippen molar-refractivity contribution in [2.24, 2.45) is 0 Å². The molecule has 0 aromatic rings. The Balaban J connectivity index is -0.0000000560. The molecule has 0 aliphatic rings. The summed E-state index contributed by atoms with van der Waals surface area (Å²) in [6, 6.07) is 0. The van der Waals surface area contributed by atoms with Gasteiger partial charge in [0.25, 0.3) is 0 Å². The molecule has 0 amide bonds. The van der Waals surface area contributed by atoms with E-state index in [1.54, 1.807) is 0 Å². The molecule has 0 aromatic carbocycles. The van der Waals surface area contributed by atoms with Gasteiger partial charge < -0.3 is 5.11 Å². The van der Waals surface area contributed by atoms with Crippen LogP contribution in [0.4, 0.5) is 0 Å². The van der Waals surface area contributed by atoms with Crippen molar-refractivity contribution in [3.8, 4) is 0 Å². The Hall–Kier alpha value is -0.687. The average Bonchev–Trinajstić information content (AvgIpc) is 1.93. The number of carbonyl (C=O) groups is 1. The molecule has 1 N–H and O–H groups in total. The fraction of sp³-hybridized carbons (Fsp3) is 0.222. The van der Waals surface area contributed by atoms with Gasteiger partial charge in [-0.15, -0.1) is 26.3 Å². The fourth-order valence-electron chi connectivity index (χ4n) is 0.294. The third-order valence-corrected chi connectivity index (χ3v) is 0.412. The summed E-state index contributed by atoms with van der Waals surface area (Å²) < 4.78 is 0. The standard InChI is InChI=1S/C5H8O2.2C2H4.Rh/c1-4(6)3-5(2)7;2*1-2;/h3,6H,1-2H3;2*1-2H2;/b4-3+;;;. The molecule has 0 saturated heterocycles. The molecule has 12 heavy (non-hydrogen) atoms. The third-order valence-electron chi connectivity index (χ3n) is 0.412. The van der Waals surface area contributed by atoms with Gasteiger partial charge in [-0.05, 0) is 13.8 Å². The van der Waals surface area contributed by atoms with E-state index in [1.165, 1.54) is 19.9 Å². The zero-order valence-electron chi connectivity index (χ0n) is 7.59. The molecule has 0 rings (SSSR count). The number of aliphatic hydroxyl groups is 1. The zero-order chi connectivity index (χ0) is 9.86. The summed E-state index contributed by atoms with van der Waals surface area (Å²) in [5, 5.41) is 8.36. The first-order valence-corrected chi connectivity index (χ1v) is 3.01. The van der Waals surface area contributed by atoms with Gasteiger partial charge in [-0.3, -0.25) is 4.79 Å². The molecular weight excluding hydrogens is 243 g/mol. The number of hydrogen-bond donors (Lipinski definition) is 1. The predicted octanol–water partition coefficient (Wildman–Crippen LogP) is 2.64. The molecule has 0 unspecified atom stereocenters. The second-order valence-electron chi connectivity index (χ2n) is 1.40. The van der Waals surface area contributed by atoms with E-state index in [0.717, 1.165) is 0 Å². The van der Waals surface area contributed by atoms with Crippen LogP contribution in [0.1, 0.15) is 13.8 Å². The van der Waals surface area contributed by atoms with Crippen LogP contribution in [0.15, 0.2) is 38.2 Å². The Kier molecular flexibility index (Phi) is 42.1. The van der Waals surface area contributed by atoms with Crippen molar-refractivity contribution in [1.29, 1.82) is 0 Å². The minimum absolute atomic E-state index is 0. The van der Waals surface area contributed by atoms with Gasteiger partial charge in [-0.1, -0.05) is 0 Å². The molecule has 1 radical (unpaired) electrons. The van der Waals surface area contributed by atoms with Crippen LogP contribution >= 0.6 is 0 Å². The maximum atomic E-state index is 10.0. The second-order valence-corrected chi connectivity index (χ2v) is 1.40. The van der Waals surface area contributed by atoms with Crippen LogP contribution in [0.25, 0.3) is 0 Å². The minimum Gasteiger partial charge on any atom is -0.512 e. The molecule has 0 saturated carbocycles. The predicted molar refractivity (Wildman–Crippen MR) is 49.6 cm³/mol. The summed E-state index contributed by atoms with van der Waals surface area (Å²) in [4.78, 5) is 10.0. The normalized spacial score (nSPS) is 7.33. The molecule has 3 heteroatoms. The first-order chi connectivity index (χ1) is 5.13. The number of allylic oxidation sites excluding steroid dienone is 2. The number of aliphatic hydroxyl groups excluding tert-OH is 1. The summed E-state index contributed by atoms with van der Waals surface area (Å²) >= 11 is 0. The molecule has 0 fully saturated rings. The second kappa shape index (κ2) is 22.4. The van der Waals surface area contributed by atoms with Gasteiger partial charge in [0, 0.05) is 25.6 Å². The Bertz CT molecular complexity index is 124. The quantitative estimate of drug-likeness (QED) is 0.340. The van der Waals surface area contributed by atoms with E-state index in [2.05, 4.69) is 26.3 Å². The minimum atomic E-state index is -0.125. The first kappa shape index (κ1) is 22.5. The third kappa shape index (κ3) is 58.6. The summed E-state index contributed by atoms with van der Waals surface area (Å²) in [7, 11) is 0. The Labute approximate surface area is 87.4 Å². The number of hydrogen-bond acceptors (Lipinski definition) is 2. The molecular formula is C9H16O2Rh. The number of carbonyl (C=O) groups excluding carboxylic acids is 1. The first-order valence-electron chi connectivity index (χ1n) is 3.01. The summed E-state index contributed by atoms with van der Waals surface area (Å²) in [6.45, 7) is 14.8. The Morgan fingerprint density at radius 3 is 1.42 bits per heavy atom. The van der Waals surface area contributed by atoms with E-state index < -0.39 is 0 Å². The van der Waals surface area contributed by atoms with Gasteiger partial charge in [0.05, 0.1) is 5.76 Å². The van der Waals surface area contributed by atoms with Crippen molar-refractivity contribution in [1.82, 2.24) is 0 Å². The van der Waals surface area contributed by atoms with Crippen LogP contribution in [0, 0.1) is 0 Å². The van der Waals surface area contributed by atoms with Crippen LogP contribution in [0.2, 0.25) is 0 Å². The van der Waals surface area contributed by atoms with Crippen LogP contribution in [0.5, 0.6) is 0 Å². The van der Waals surface area contributed by atoms with E-state index >= 15 is 0 Å².